The van der Waals surface area contributed by atoms with Crippen LogP contribution in [0.25, 0.3) is 0 Å². The molecular formula is C21H24N2O5. The quantitative estimate of drug-likeness (QED) is 0.346. The van der Waals surface area contributed by atoms with Gasteiger partial charge in [-0.25, -0.2) is 4.79 Å². The minimum atomic E-state index is -0.792. The molecule has 1 atom stereocenters. The minimum Gasteiger partial charge on any atom is -0.462 e. The van der Waals surface area contributed by atoms with Gasteiger partial charge in [0.1, 0.15) is 0 Å². The summed E-state index contributed by atoms with van der Waals surface area (Å²) >= 11 is 0. The third-order valence-electron chi connectivity index (χ3n) is 5.17. The number of dihydropyridines is 1. The summed E-state index contributed by atoms with van der Waals surface area (Å²) in [6.07, 6.45) is 3.37. The van der Waals surface area contributed by atoms with Crippen LogP contribution in [0.2, 0.25) is 0 Å². The van der Waals surface area contributed by atoms with Crippen LogP contribution in [0.1, 0.15) is 57.4 Å². The van der Waals surface area contributed by atoms with Crippen molar-refractivity contribution in [3.05, 3.63) is 62.5 Å². The molecule has 28 heavy (non-hydrogen) atoms. The average molecular weight is 384 g/mol. The molecule has 0 amide bonds. The molecule has 3 rings (SSSR count). The predicted molar refractivity (Wildman–Crippen MR) is 103 cm³/mol. The van der Waals surface area contributed by atoms with Crippen LogP contribution in [0.5, 0.6) is 0 Å². The highest BCUT2D eigenvalue weighted by molar-refractivity contribution is 6.04. The maximum absolute atomic E-state index is 12.9. The molecule has 0 aromatic heterocycles. The number of carbonyl (C=O) groups is 2. The molecule has 148 valence electrons. The van der Waals surface area contributed by atoms with Gasteiger partial charge in [0, 0.05) is 35.0 Å². The number of nitro benzene ring substituents is 1. The molecule has 0 saturated heterocycles. The smallest absolute Gasteiger partial charge is 0.336 e. The summed E-state index contributed by atoms with van der Waals surface area (Å²) < 4.78 is 5.42. The molecule has 1 aromatic carbocycles. The first kappa shape index (κ1) is 19.8. The number of benzene rings is 1. The van der Waals surface area contributed by atoms with Crippen molar-refractivity contribution in [2.24, 2.45) is 0 Å². The second-order valence-electron chi connectivity index (χ2n) is 7.07. The van der Waals surface area contributed by atoms with Crippen molar-refractivity contribution in [2.75, 3.05) is 6.61 Å². The number of allylic oxidation sites excluding steroid dienone is 3. The molecule has 0 spiro atoms. The van der Waals surface area contributed by atoms with Crippen LogP contribution in [0, 0.1) is 10.1 Å². The van der Waals surface area contributed by atoms with E-state index in [2.05, 4.69) is 5.32 Å². The van der Waals surface area contributed by atoms with E-state index in [1.54, 1.807) is 25.1 Å². The Labute approximate surface area is 163 Å². The molecule has 1 aliphatic carbocycles. The molecule has 7 nitrogen and oxygen atoms in total. The number of ether oxygens (including phenoxy) is 1. The van der Waals surface area contributed by atoms with E-state index in [0.717, 1.165) is 25.0 Å². The number of carbonyl (C=O) groups excluding carboxylic acids is 2. The highest BCUT2D eigenvalue weighted by atomic mass is 16.6. The van der Waals surface area contributed by atoms with Crippen LogP contribution in [-0.2, 0) is 14.3 Å². The van der Waals surface area contributed by atoms with Gasteiger partial charge < -0.3 is 10.1 Å². The Bertz CT molecular complexity index is 885. The molecule has 1 unspecified atom stereocenters. The van der Waals surface area contributed by atoms with Gasteiger partial charge in [-0.2, -0.15) is 0 Å². The number of hydrogen-bond acceptors (Lipinski definition) is 6. The van der Waals surface area contributed by atoms with Crippen molar-refractivity contribution >= 4 is 17.4 Å². The fourth-order valence-electron chi connectivity index (χ4n) is 3.85. The van der Waals surface area contributed by atoms with E-state index in [1.807, 2.05) is 6.92 Å². The minimum absolute atomic E-state index is 0.0803. The van der Waals surface area contributed by atoms with Gasteiger partial charge in [0.25, 0.3) is 5.69 Å². The van der Waals surface area contributed by atoms with Crippen LogP contribution in [0.4, 0.5) is 5.69 Å². The first-order valence-electron chi connectivity index (χ1n) is 9.60. The summed E-state index contributed by atoms with van der Waals surface area (Å²) in [5.41, 5.74) is 2.30. The number of hydrogen-bond donors (Lipinski definition) is 1. The van der Waals surface area contributed by atoms with Crippen molar-refractivity contribution in [1.82, 2.24) is 5.32 Å². The third kappa shape index (κ3) is 3.69. The highest BCUT2D eigenvalue weighted by Crippen LogP contribution is 2.45. The lowest BCUT2D eigenvalue weighted by molar-refractivity contribution is -0.385. The van der Waals surface area contributed by atoms with Crippen molar-refractivity contribution in [3.63, 3.8) is 0 Å². The Morgan fingerprint density at radius 2 is 2.07 bits per heavy atom. The number of nitrogens with zero attached hydrogens (tertiary/aromatic N) is 1. The average Bonchev–Trinajstić information content (AvgIpc) is 2.67. The van der Waals surface area contributed by atoms with E-state index in [9.17, 15) is 19.7 Å². The zero-order chi connectivity index (χ0) is 20.3. The van der Waals surface area contributed by atoms with E-state index in [0.29, 0.717) is 29.7 Å². The molecule has 1 N–H and O–H groups in total. The van der Waals surface area contributed by atoms with Crippen molar-refractivity contribution in [1.29, 1.82) is 0 Å². The largest absolute Gasteiger partial charge is 0.462 e. The first-order chi connectivity index (χ1) is 13.5. The molecule has 0 radical (unpaired) electrons. The Balaban J connectivity index is 2.14. The van der Waals surface area contributed by atoms with Gasteiger partial charge in [-0.1, -0.05) is 31.5 Å². The standard InChI is InChI=1S/C21H24N2O5/c1-3-4-12-28-21(25)18-13(2)22-15-9-7-11-17(24)20(15)19(18)14-8-5-6-10-16(14)23(26)27/h5-6,8,10,19,22H,3-4,7,9,11-12H2,1-2H3. The predicted octanol–water partition coefficient (Wildman–Crippen LogP) is 3.91. The second kappa shape index (κ2) is 8.37. The lowest BCUT2D eigenvalue weighted by atomic mass is 9.75. The van der Waals surface area contributed by atoms with E-state index in [1.165, 1.54) is 6.07 Å². The SMILES string of the molecule is CCCCOC(=O)C1=C(C)NC2=C(C(=O)CCC2)C1c1ccccc1[N+](=O)[O-]. The third-order valence-corrected chi connectivity index (χ3v) is 5.17. The van der Waals surface area contributed by atoms with E-state index in [4.69, 9.17) is 4.74 Å². The van der Waals surface area contributed by atoms with Crippen molar-refractivity contribution in [3.8, 4) is 0 Å². The molecule has 0 fully saturated rings. The normalized spacial score (nSPS) is 19.2. The highest BCUT2D eigenvalue weighted by Gasteiger charge is 2.41. The summed E-state index contributed by atoms with van der Waals surface area (Å²) in [5, 5.41) is 14.8. The number of Topliss-reactive ketones (excluding diaryl/α,β-unsaturated/α-hetero) is 1. The molecule has 1 aromatic rings. The second-order valence-corrected chi connectivity index (χ2v) is 7.07. The first-order valence-corrected chi connectivity index (χ1v) is 9.60. The van der Waals surface area contributed by atoms with Crippen LogP contribution < -0.4 is 5.32 Å². The number of nitro groups is 1. The summed E-state index contributed by atoms with van der Waals surface area (Å²) in [7, 11) is 0. The lowest BCUT2D eigenvalue weighted by Gasteiger charge is -2.33. The fraction of sp³-hybridized carbons (Fsp3) is 0.429. The Hall–Kier alpha value is -2.96. The van der Waals surface area contributed by atoms with Gasteiger partial charge in [0.15, 0.2) is 5.78 Å². The van der Waals surface area contributed by atoms with Crippen LogP contribution >= 0.6 is 0 Å². The van der Waals surface area contributed by atoms with Gasteiger partial charge in [-0.15, -0.1) is 0 Å². The molecular weight excluding hydrogens is 360 g/mol. The lowest BCUT2D eigenvalue weighted by Crippen LogP contribution is -2.34. The maximum atomic E-state index is 12.9. The Morgan fingerprint density at radius 1 is 1.32 bits per heavy atom. The molecule has 7 heteroatoms. The maximum Gasteiger partial charge on any atom is 0.336 e. The van der Waals surface area contributed by atoms with E-state index >= 15 is 0 Å². The van der Waals surface area contributed by atoms with E-state index < -0.39 is 16.8 Å². The Morgan fingerprint density at radius 3 is 2.79 bits per heavy atom. The Kier molecular flexibility index (Phi) is 5.92. The van der Waals surface area contributed by atoms with Crippen LogP contribution in [0.3, 0.4) is 0 Å². The monoisotopic (exact) mass is 384 g/mol. The van der Waals surface area contributed by atoms with Crippen molar-refractivity contribution < 1.29 is 19.2 Å². The molecule has 1 heterocycles. The fourth-order valence-corrected chi connectivity index (χ4v) is 3.85. The number of ketones is 1. The van der Waals surface area contributed by atoms with Gasteiger partial charge in [0.05, 0.1) is 23.0 Å². The van der Waals surface area contributed by atoms with Gasteiger partial charge in [-0.05, 0) is 26.2 Å². The number of esters is 1. The van der Waals surface area contributed by atoms with E-state index in [-0.39, 0.29) is 23.7 Å². The van der Waals surface area contributed by atoms with Gasteiger partial charge in [0.2, 0.25) is 0 Å². The van der Waals surface area contributed by atoms with Crippen LogP contribution in [0.15, 0.2) is 46.8 Å². The van der Waals surface area contributed by atoms with Crippen molar-refractivity contribution in [2.45, 2.75) is 51.9 Å². The summed E-state index contributed by atoms with van der Waals surface area (Å²) in [6, 6.07) is 6.29. The summed E-state index contributed by atoms with van der Waals surface area (Å²) in [4.78, 5) is 36.9. The van der Waals surface area contributed by atoms with Gasteiger partial charge >= 0.3 is 5.97 Å². The van der Waals surface area contributed by atoms with Crippen LogP contribution in [-0.4, -0.2) is 23.3 Å². The molecule has 1 aliphatic heterocycles. The number of para-hydroxylation sites is 1. The zero-order valence-electron chi connectivity index (χ0n) is 16.1. The zero-order valence-corrected chi connectivity index (χ0v) is 16.1. The molecule has 2 aliphatic rings. The number of rotatable bonds is 6. The summed E-state index contributed by atoms with van der Waals surface area (Å²) in [6.45, 7) is 4.02. The number of nitrogens with one attached hydrogen (secondary N) is 1. The number of unbranched alkanes of at least 4 members (excludes halogenated alkanes) is 1. The topological polar surface area (TPSA) is 98.5 Å². The molecule has 0 bridgehead atoms. The molecule has 0 saturated carbocycles. The van der Waals surface area contributed by atoms with Gasteiger partial charge in [-0.3, -0.25) is 14.9 Å². The summed E-state index contributed by atoms with van der Waals surface area (Å²) in [5.74, 6) is -1.41.